The molecule has 2 heterocycles. The fourth-order valence-electron chi connectivity index (χ4n) is 4.01. The largest absolute Gasteiger partial charge is 0.549 e. The van der Waals surface area contributed by atoms with Crippen molar-refractivity contribution in [2.75, 3.05) is 0 Å². The summed E-state index contributed by atoms with van der Waals surface area (Å²) >= 11 is 6.07. The summed E-state index contributed by atoms with van der Waals surface area (Å²) in [7, 11) is 0. The quantitative estimate of drug-likeness (QED) is 0.777. The molecule has 2 aromatic rings. The number of likely N-dealkylation sites (tertiary alicyclic amines) is 1. The van der Waals surface area contributed by atoms with Crippen molar-refractivity contribution in [2.24, 2.45) is 5.92 Å². The van der Waals surface area contributed by atoms with E-state index >= 15 is 0 Å². The van der Waals surface area contributed by atoms with Crippen molar-refractivity contribution in [1.29, 1.82) is 0 Å². The molecule has 0 unspecified atom stereocenters. The Morgan fingerprint density at radius 1 is 1.31 bits per heavy atom. The second-order valence-electron chi connectivity index (χ2n) is 6.98. The summed E-state index contributed by atoms with van der Waals surface area (Å²) in [6, 6.07) is 14.5. The number of carboxylic acids is 1. The van der Waals surface area contributed by atoms with Crippen LogP contribution in [0.5, 0.6) is 5.75 Å². The van der Waals surface area contributed by atoms with Crippen molar-refractivity contribution in [3.05, 3.63) is 64.7 Å². The Morgan fingerprint density at radius 2 is 2.04 bits per heavy atom. The van der Waals surface area contributed by atoms with Crippen molar-refractivity contribution < 1.29 is 19.4 Å². The number of carbonyl (C=O) groups is 2. The SMILES string of the molecule is C[C@@]12C[C@@H](c3cc(Cl)ccc3O1)[C@H](C(=O)[O-])C(=O)N2Cc1ccccc1. The summed E-state index contributed by atoms with van der Waals surface area (Å²) in [6.45, 7) is 2.10. The number of fused-ring (bicyclic) bond motifs is 4. The Hall–Kier alpha value is -2.53. The Labute approximate surface area is 156 Å². The number of hydrogen-bond acceptors (Lipinski definition) is 4. The number of piperidine rings is 1. The number of carboxylic acid groups (broad SMARTS) is 1. The van der Waals surface area contributed by atoms with Crippen molar-refractivity contribution in [2.45, 2.75) is 31.5 Å². The minimum atomic E-state index is -1.37. The van der Waals surface area contributed by atoms with Gasteiger partial charge in [-0.25, -0.2) is 0 Å². The molecule has 0 aromatic heterocycles. The molecule has 0 radical (unpaired) electrons. The molecule has 4 rings (SSSR count). The maximum absolute atomic E-state index is 13.1. The van der Waals surface area contributed by atoms with Crippen LogP contribution in [0.1, 0.15) is 30.4 Å². The maximum Gasteiger partial charge on any atom is 0.235 e. The highest BCUT2D eigenvalue weighted by molar-refractivity contribution is 6.30. The topological polar surface area (TPSA) is 69.7 Å². The number of amides is 1. The Morgan fingerprint density at radius 3 is 2.73 bits per heavy atom. The molecule has 0 saturated carbocycles. The number of halogens is 1. The van der Waals surface area contributed by atoms with E-state index in [0.717, 1.165) is 5.56 Å². The molecule has 3 atom stereocenters. The number of hydrogen-bond donors (Lipinski definition) is 0. The molecule has 0 aliphatic carbocycles. The van der Waals surface area contributed by atoms with Gasteiger partial charge >= 0.3 is 0 Å². The van der Waals surface area contributed by atoms with Crippen LogP contribution in [0.3, 0.4) is 0 Å². The molecule has 1 amide bonds. The number of nitrogens with zero attached hydrogens (tertiary/aromatic N) is 1. The smallest absolute Gasteiger partial charge is 0.235 e. The first-order valence-corrected chi connectivity index (χ1v) is 8.81. The molecule has 2 aliphatic heterocycles. The molecule has 2 bridgehead atoms. The highest BCUT2D eigenvalue weighted by Crippen LogP contribution is 2.50. The second-order valence-corrected chi connectivity index (χ2v) is 7.41. The van der Waals surface area contributed by atoms with E-state index in [4.69, 9.17) is 16.3 Å². The molecule has 2 aromatic carbocycles. The first kappa shape index (κ1) is 16.9. The van der Waals surface area contributed by atoms with Gasteiger partial charge in [-0.1, -0.05) is 41.9 Å². The Kier molecular flexibility index (Phi) is 3.92. The lowest BCUT2D eigenvalue weighted by atomic mass is 9.73. The summed E-state index contributed by atoms with van der Waals surface area (Å²) in [4.78, 5) is 26.4. The van der Waals surface area contributed by atoms with Crippen LogP contribution in [0.4, 0.5) is 0 Å². The number of rotatable bonds is 3. The van der Waals surface area contributed by atoms with Crippen LogP contribution in [-0.2, 0) is 16.1 Å². The van der Waals surface area contributed by atoms with Gasteiger partial charge in [0.25, 0.3) is 0 Å². The summed E-state index contributed by atoms with van der Waals surface area (Å²) < 4.78 is 6.16. The summed E-state index contributed by atoms with van der Waals surface area (Å²) in [5.41, 5.74) is 0.629. The minimum absolute atomic E-state index is 0.273. The average molecular weight is 371 g/mol. The van der Waals surface area contributed by atoms with Gasteiger partial charge in [-0.3, -0.25) is 9.69 Å². The van der Waals surface area contributed by atoms with E-state index < -0.39 is 29.4 Å². The van der Waals surface area contributed by atoms with Gasteiger partial charge < -0.3 is 14.6 Å². The van der Waals surface area contributed by atoms with Gasteiger partial charge in [0.05, 0.1) is 11.9 Å². The normalized spacial score (nSPS) is 26.8. The molecule has 0 N–H and O–H groups in total. The van der Waals surface area contributed by atoms with Gasteiger partial charge in [0, 0.05) is 29.5 Å². The van der Waals surface area contributed by atoms with E-state index in [9.17, 15) is 14.7 Å². The molecule has 1 fully saturated rings. The van der Waals surface area contributed by atoms with Crippen molar-refractivity contribution in [3.63, 3.8) is 0 Å². The van der Waals surface area contributed by atoms with Crippen LogP contribution in [0, 0.1) is 5.92 Å². The van der Waals surface area contributed by atoms with Crippen LogP contribution in [0.15, 0.2) is 48.5 Å². The molecule has 5 nitrogen and oxygen atoms in total. The first-order valence-electron chi connectivity index (χ1n) is 8.44. The number of benzene rings is 2. The molecule has 1 saturated heterocycles. The molecule has 134 valence electrons. The fourth-order valence-corrected chi connectivity index (χ4v) is 4.19. The van der Waals surface area contributed by atoms with Gasteiger partial charge in [-0.15, -0.1) is 0 Å². The van der Waals surface area contributed by atoms with E-state index in [2.05, 4.69) is 0 Å². The predicted molar refractivity (Wildman–Crippen MR) is 93.3 cm³/mol. The summed E-state index contributed by atoms with van der Waals surface area (Å²) in [6.07, 6.45) is 0.373. The standard InChI is InChI=1S/C20H18ClNO4/c1-20-10-15(14-9-13(21)7-8-16(14)26-20)17(19(24)25)18(23)22(20)11-12-5-3-2-4-6-12/h2-9,15,17H,10-11H2,1H3,(H,24,25)/p-1/t15-,17-,20-/m0/s1. The third kappa shape index (κ3) is 2.63. The highest BCUT2D eigenvalue weighted by atomic mass is 35.5. The van der Waals surface area contributed by atoms with Gasteiger partial charge in [-0.05, 0) is 30.7 Å². The van der Waals surface area contributed by atoms with Gasteiger partial charge in [0.15, 0.2) is 5.72 Å². The first-order chi connectivity index (χ1) is 12.4. The van der Waals surface area contributed by atoms with Gasteiger partial charge in [0.1, 0.15) is 5.75 Å². The third-order valence-electron chi connectivity index (χ3n) is 5.24. The lowest BCUT2D eigenvalue weighted by Crippen LogP contribution is -2.64. The van der Waals surface area contributed by atoms with E-state index in [0.29, 0.717) is 22.8 Å². The lowest BCUT2D eigenvalue weighted by Gasteiger charge is -2.53. The van der Waals surface area contributed by atoms with Crippen LogP contribution in [0.2, 0.25) is 5.02 Å². The zero-order valence-corrected chi connectivity index (χ0v) is 14.9. The fraction of sp³-hybridized carbons (Fsp3) is 0.300. The molecule has 0 spiro atoms. The van der Waals surface area contributed by atoms with Gasteiger partial charge in [0.2, 0.25) is 5.91 Å². The second kappa shape index (κ2) is 6.02. The third-order valence-corrected chi connectivity index (χ3v) is 5.48. The predicted octanol–water partition coefficient (Wildman–Crippen LogP) is 2.33. The highest BCUT2D eigenvalue weighted by Gasteiger charge is 2.54. The minimum Gasteiger partial charge on any atom is -0.549 e. The summed E-state index contributed by atoms with van der Waals surface area (Å²) in [5, 5.41) is 12.3. The van der Waals surface area contributed by atoms with Crippen molar-refractivity contribution in [1.82, 2.24) is 4.90 Å². The zero-order chi connectivity index (χ0) is 18.5. The molecule has 2 aliphatic rings. The van der Waals surface area contributed by atoms with E-state index in [1.165, 1.54) is 4.90 Å². The number of aliphatic carboxylic acids is 1. The molecule has 26 heavy (non-hydrogen) atoms. The van der Waals surface area contributed by atoms with Crippen LogP contribution in [-0.4, -0.2) is 22.5 Å². The Bertz CT molecular complexity index is 885. The van der Waals surface area contributed by atoms with Gasteiger partial charge in [-0.2, -0.15) is 0 Å². The average Bonchev–Trinajstić information content (AvgIpc) is 2.60. The van der Waals surface area contributed by atoms with Crippen LogP contribution in [0.25, 0.3) is 0 Å². The van der Waals surface area contributed by atoms with Crippen LogP contribution < -0.4 is 9.84 Å². The maximum atomic E-state index is 13.1. The number of ether oxygens (including phenoxy) is 1. The molecule has 6 heteroatoms. The van der Waals surface area contributed by atoms with Crippen molar-refractivity contribution in [3.8, 4) is 5.75 Å². The van der Waals surface area contributed by atoms with Crippen LogP contribution >= 0.6 is 11.6 Å². The Balaban J connectivity index is 1.80. The monoisotopic (exact) mass is 370 g/mol. The summed E-state index contributed by atoms with van der Waals surface area (Å²) in [5.74, 6) is -3.07. The zero-order valence-electron chi connectivity index (χ0n) is 14.1. The van der Waals surface area contributed by atoms with E-state index in [-0.39, 0.29) is 6.54 Å². The lowest BCUT2D eigenvalue weighted by molar-refractivity contribution is -0.313. The van der Waals surface area contributed by atoms with E-state index in [1.807, 2.05) is 37.3 Å². The van der Waals surface area contributed by atoms with E-state index in [1.54, 1.807) is 18.2 Å². The molecular weight excluding hydrogens is 354 g/mol. The number of carbonyl (C=O) groups excluding carboxylic acids is 2. The molecular formula is C20H17ClNO4-. The van der Waals surface area contributed by atoms with Crippen molar-refractivity contribution >= 4 is 23.5 Å².